The molecule has 0 aliphatic heterocycles. The summed E-state index contributed by atoms with van der Waals surface area (Å²) < 4.78 is 11.2. The fourth-order valence-corrected chi connectivity index (χ4v) is 3.75. The van der Waals surface area contributed by atoms with Crippen LogP contribution in [0.3, 0.4) is 0 Å². The van der Waals surface area contributed by atoms with Crippen LogP contribution in [-0.2, 0) is 30.3 Å². The van der Waals surface area contributed by atoms with Gasteiger partial charge in [0.05, 0.1) is 30.9 Å². The van der Waals surface area contributed by atoms with Gasteiger partial charge in [-0.05, 0) is 61.4 Å². The summed E-state index contributed by atoms with van der Waals surface area (Å²) in [6, 6.07) is 5.84. The van der Waals surface area contributed by atoms with Crippen molar-refractivity contribution in [1.82, 2.24) is 16.0 Å². The number of aliphatic hydroxyl groups is 1. The third-order valence-electron chi connectivity index (χ3n) is 6.18. The molecular weight excluding hydrogens is 528 g/mol. The van der Waals surface area contributed by atoms with E-state index in [1.54, 1.807) is 37.5 Å². The summed E-state index contributed by atoms with van der Waals surface area (Å²) >= 11 is 0. The van der Waals surface area contributed by atoms with Crippen LogP contribution in [0.2, 0.25) is 0 Å². The summed E-state index contributed by atoms with van der Waals surface area (Å²) in [5.41, 5.74) is 7.76. The lowest BCUT2D eigenvalue weighted by Gasteiger charge is -2.16. The number of unbranched alkanes of at least 4 members (excludes halogenated alkanes) is 1. The van der Waals surface area contributed by atoms with Gasteiger partial charge in [-0.3, -0.25) is 14.4 Å². The zero-order valence-corrected chi connectivity index (χ0v) is 23.6. The van der Waals surface area contributed by atoms with Gasteiger partial charge >= 0.3 is 0 Å². The number of aliphatic hydroxyl groups excluding tert-OH is 1. The van der Waals surface area contributed by atoms with Gasteiger partial charge in [-0.2, -0.15) is 0 Å². The minimum atomic E-state index is -0.710. The molecule has 11 nitrogen and oxygen atoms in total. The van der Waals surface area contributed by atoms with E-state index in [9.17, 15) is 19.5 Å². The first-order chi connectivity index (χ1) is 19.7. The van der Waals surface area contributed by atoms with Crippen LogP contribution in [0.4, 0.5) is 0 Å². The summed E-state index contributed by atoms with van der Waals surface area (Å²) in [6.45, 7) is 4.59. The highest BCUT2D eigenvalue weighted by molar-refractivity contribution is 5.98. The number of amides is 3. The lowest BCUT2D eigenvalue weighted by atomic mass is 10.0. The first kappa shape index (κ1) is 33.3. The van der Waals surface area contributed by atoms with Crippen molar-refractivity contribution in [1.29, 1.82) is 0 Å². The molecule has 0 radical (unpaired) electrons. The smallest absolute Gasteiger partial charge is 0.254 e. The molecule has 7 N–H and O–H groups in total. The molecule has 2 rings (SSSR count). The van der Waals surface area contributed by atoms with E-state index in [4.69, 9.17) is 20.3 Å². The molecule has 0 bridgehead atoms. The number of ether oxygens (including phenoxy) is 2. The maximum atomic E-state index is 12.7. The van der Waals surface area contributed by atoms with E-state index in [-0.39, 0.29) is 54.8 Å². The van der Waals surface area contributed by atoms with Crippen LogP contribution >= 0.6 is 0 Å². The molecule has 0 saturated heterocycles. The fraction of sp³-hybridized carbons (Fsp3) is 0.433. The standard InChI is InChI=1S/C30H42N4O7/c1-21(29(38)34-20-28(37)32-15-5-16-35)27(19-23-8-12-25(40-2)13-9-23)41-17-4-3-14-33-30(39)26(31)18-22-6-10-24(36)11-7-22/h6-12,19,25-26,35-36H,1,3-5,13-18,20,31H2,2H3,(H,32,37)(H,33,39)(H,34,38)/b27-19+. The van der Waals surface area contributed by atoms with Crippen molar-refractivity contribution >= 4 is 17.7 Å². The van der Waals surface area contributed by atoms with Gasteiger partial charge in [0.2, 0.25) is 11.8 Å². The van der Waals surface area contributed by atoms with Gasteiger partial charge in [0, 0.05) is 26.8 Å². The summed E-state index contributed by atoms with van der Waals surface area (Å²) in [5, 5.41) is 26.1. The van der Waals surface area contributed by atoms with Gasteiger partial charge in [0.1, 0.15) is 11.5 Å². The van der Waals surface area contributed by atoms with Crippen LogP contribution in [0, 0.1) is 0 Å². The van der Waals surface area contributed by atoms with E-state index in [2.05, 4.69) is 22.5 Å². The molecule has 224 valence electrons. The van der Waals surface area contributed by atoms with Gasteiger partial charge < -0.3 is 41.4 Å². The number of phenols is 1. The van der Waals surface area contributed by atoms with E-state index < -0.39 is 11.9 Å². The second kappa shape index (κ2) is 18.4. The van der Waals surface area contributed by atoms with Gasteiger partial charge in [-0.15, -0.1) is 0 Å². The highest BCUT2D eigenvalue weighted by Crippen LogP contribution is 2.19. The van der Waals surface area contributed by atoms with Crippen molar-refractivity contribution in [2.24, 2.45) is 5.73 Å². The van der Waals surface area contributed by atoms with E-state index in [1.807, 2.05) is 18.2 Å². The van der Waals surface area contributed by atoms with Crippen molar-refractivity contribution in [3.05, 3.63) is 77.6 Å². The maximum Gasteiger partial charge on any atom is 0.254 e. The number of hydrogen-bond acceptors (Lipinski definition) is 8. The second-order valence-electron chi connectivity index (χ2n) is 9.49. The second-order valence-corrected chi connectivity index (χ2v) is 9.49. The number of aromatic hydroxyl groups is 1. The Hall–Kier alpha value is -3.93. The highest BCUT2D eigenvalue weighted by Gasteiger charge is 2.17. The molecule has 0 spiro atoms. The third-order valence-corrected chi connectivity index (χ3v) is 6.18. The predicted molar refractivity (Wildman–Crippen MR) is 156 cm³/mol. The molecule has 11 heteroatoms. The molecule has 2 atom stereocenters. The fourth-order valence-electron chi connectivity index (χ4n) is 3.75. The molecule has 1 aliphatic rings. The van der Waals surface area contributed by atoms with E-state index in [0.717, 1.165) is 11.1 Å². The average molecular weight is 571 g/mol. The Kier molecular flexibility index (Phi) is 15.0. The molecule has 0 aromatic heterocycles. The Morgan fingerprint density at radius 2 is 1.85 bits per heavy atom. The van der Waals surface area contributed by atoms with Crippen LogP contribution in [0.1, 0.15) is 31.2 Å². The lowest BCUT2D eigenvalue weighted by molar-refractivity contribution is -0.124. The Morgan fingerprint density at radius 1 is 1.12 bits per heavy atom. The number of nitrogens with one attached hydrogen (secondary N) is 3. The Balaban J connectivity index is 1.84. The number of carbonyl (C=O) groups excluding carboxylic acids is 3. The minimum absolute atomic E-state index is 0.0169. The number of allylic oxidation sites excluding steroid dienone is 3. The first-order valence-corrected chi connectivity index (χ1v) is 13.6. The summed E-state index contributed by atoms with van der Waals surface area (Å²) in [6.07, 6.45) is 10.1. The summed E-state index contributed by atoms with van der Waals surface area (Å²) in [4.78, 5) is 36.9. The normalized spacial score (nSPS) is 15.4. The Labute approximate surface area is 241 Å². The van der Waals surface area contributed by atoms with Crippen molar-refractivity contribution in [2.45, 2.75) is 44.2 Å². The molecule has 0 saturated carbocycles. The average Bonchev–Trinajstić information content (AvgIpc) is 2.98. The SMILES string of the molecule is C=C(C(=O)NCC(=O)NCCCO)/C(=C\C1=CCC(OC)C=C1)OCCCCNC(=O)C(N)Cc1ccc(O)cc1. The van der Waals surface area contributed by atoms with Crippen LogP contribution < -0.4 is 21.7 Å². The van der Waals surface area contributed by atoms with Gasteiger partial charge in [-0.1, -0.05) is 36.9 Å². The number of hydrogen-bond donors (Lipinski definition) is 6. The van der Waals surface area contributed by atoms with E-state index in [0.29, 0.717) is 45.2 Å². The molecule has 3 amide bonds. The number of methoxy groups -OCH3 is 1. The van der Waals surface area contributed by atoms with Gasteiger partial charge in [-0.25, -0.2) is 0 Å². The molecular formula is C30H42N4O7. The largest absolute Gasteiger partial charge is 0.508 e. The van der Waals surface area contributed by atoms with Crippen LogP contribution in [-0.4, -0.2) is 80.0 Å². The van der Waals surface area contributed by atoms with E-state index in [1.165, 1.54) is 0 Å². The molecule has 2 unspecified atom stereocenters. The molecule has 0 heterocycles. The number of nitrogens with two attached hydrogens (primary N) is 1. The topological polar surface area (TPSA) is 172 Å². The number of phenolic OH excluding ortho intramolecular Hbond substituents is 1. The van der Waals surface area contributed by atoms with Crippen molar-refractivity contribution in [3.8, 4) is 5.75 Å². The monoisotopic (exact) mass is 570 g/mol. The minimum Gasteiger partial charge on any atom is -0.508 e. The lowest BCUT2D eigenvalue weighted by Crippen LogP contribution is -2.42. The maximum absolute atomic E-state index is 12.7. The van der Waals surface area contributed by atoms with Crippen LogP contribution in [0.5, 0.6) is 5.75 Å². The number of rotatable bonds is 18. The molecule has 0 fully saturated rings. The number of carbonyl (C=O) groups is 3. The molecule has 1 aromatic rings. The van der Waals surface area contributed by atoms with E-state index >= 15 is 0 Å². The van der Waals surface area contributed by atoms with Gasteiger partial charge in [0.15, 0.2) is 0 Å². The Morgan fingerprint density at radius 3 is 2.51 bits per heavy atom. The zero-order chi connectivity index (χ0) is 30.0. The van der Waals surface area contributed by atoms with Crippen LogP contribution in [0.25, 0.3) is 0 Å². The summed E-state index contributed by atoms with van der Waals surface area (Å²) in [5.74, 6) is -0.760. The van der Waals surface area contributed by atoms with Gasteiger partial charge in [0.25, 0.3) is 5.91 Å². The predicted octanol–water partition coefficient (Wildman–Crippen LogP) is 1.13. The van der Waals surface area contributed by atoms with Crippen molar-refractivity contribution in [3.63, 3.8) is 0 Å². The first-order valence-electron chi connectivity index (χ1n) is 13.6. The van der Waals surface area contributed by atoms with Crippen LogP contribution in [0.15, 0.2) is 72.1 Å². The third kappa shape index (κ3) is 12.9. The van der Waals surface area contributed by atoms with Crippen molar-refractivity contribution < 1.29 is 34.1 Å². The molecule has 1 aliphatic carbocycles. The van der Waals surface area contributed by atoms with Crippen molar-refractivity contribution in [2.75, 3.05) is 40.0 Å². The Bertz CT molecular complexity index is 1110. The summed E-state index contributed by atoms with van der Waals surface area (Å²) in [7, 11) is 1.64. The zero-order valence-electron chi connectivity index (χ0n) is 23.6. The molecule has 41 heavy (non-hydrogen) atoms. The molecule has 1 aromatic carbocycles. The number of benzene rings is 1. The quantitative estimate of drug-likeness (QED) is 0.0660. The highest BCUT2D eigenvalue weighted by atomic mass is 16.5.